The molecule has 106 valence electrons. The van der Waals surface area contributed by atoms with Crippen LogP contribution in [0.4, 0.5) is 16.2 Å². The van der Waals surface area contributed by atoms with Crippen LogP contribution in [-0.2, 0) is 0 Å². The van der Waals surface area contributed by atoms with Crippen molar-refractivity contribution < 1.29 is 4.39 Å². The molecule has 5 nitrogen and oxygen atoms in total. The van der Waals surface area contributed by atoms with E-state index in [2.05, 4.69) is 27.6 Å². The highest BCUT2D eigenvalue weighted by Crippen LogP contribution is 2.30. The van der Waals surface area contributed by atoms with Gasteiger partial charge in [-0.25, -0.2) is 15.2 Å². The van der Waals surface area contributed by atoms with Crippen molar-refractivity contribution in [2.45, 2.75) is 39.0 Å². The van der Waals surface area contributed by atoms with Crippen LogP contribution in [0.3, 0.4) is 0 Å². The summed E-state index contributed by atoms with van der Waals surface area (Å²) in [7, 11) is 0. The Morgan fingerprint density at radius 2 is 2.11 bits per heavy atom. The molecule has 6 heteroatoms. The van der Waals surface area contributed by atoms with Gasteiger partial charge in [-0.2, -0.15) is 4.98 Å². The maximum absolute atomic E-state index is 13.5. The predicted molar refractivity (Wildman–Crippen MR) is 74.0 cm³/mol. The fraction of sp³-hybridized carbons (Fsp3) is 0.692. The zero-order valence-electron chi connectivity index (χ0n) is 11.3. The maximum atomic E-state index is 13.5. The average molecular weight is 267 g/mol. The molecule has 2 rings (SSSR count). The van der Waals surface area contributed by atoms with E-state index in [-0.39, 0.29) is 11.8 Å². The molecule has 1 heterocycles. The van der Waals surface area contributed by atoms with Crippen LogP contribution in [0.5, 0.6) is 0 Å². The van der Waals surface area contributed by atoms with E-state index >= 15 is 0 Å². The second-order valence-corrected chi connectivity index (χ2v) is 5.38. The van der Waals surface area contributed by atoms with Crippen LogP contribution < -0.4 is 16.6 Å². The van der Waals surface area contributed by atoms with E-state index in [1.807, 2.05) is 0 Å². The SMILES string of the molecule is CC1CCC(CCNc2nc(NN)ncc2F)CC1. The lowest BCUT2D eigenvalue weighted by molar-refractivity contribution is 0.282. The van der Waals surface area contributed by atoms with Gasteiger partial charge in [0.05, 0.1) is 6.20 Å². The summed E-state index contributed by atoms with van der Waals surface area (Å²) in [5.41, 5.74) is 2.31. The Bertz CT molecular complexity index is 404. The number of nitrogens with zero attached hydrogens (tertiary/aromatic N) is 2. The number of hydrogen-bond donors (Lipinski definition) is 3. The van der Waals surface area contributed by atoms with E-state index < -0.39 is 5.82 Å². The molecule has 0 amide bonds. The van der Waals surface area contributed by atoms with Crippen LogP contribution in [0.2, 0.25) is 0 Å². The third-order valence-electron chi connectivity index (χ3n) is 3.85. The van der Waals surface area contributed by atoms with Crippen LogP contribution >= 0.6 is 0 Å². The number of nitrogens with one attached hydrogen (secondary N) is 2. The molecule has 1 aromatic rings. The average Bonchev–Trinajstić information content (AvgIpc) is 2.43. The molecule has 1 fully saturated rings. The van der Waals surface area contributed by atoms with E-state index in [9.17, 15) is 4.39 Å². The predicted octanol–water partition coefficient (Wildman–Crippen LogP) is 2.53. The Kier molecular flexibility index (Phi) is 4.90. The molecule has 0 radical (unpaired) electrons. The highest BCUT2D eigenvalue weighted by molar-refractivity contribution is 5.40. The van der Waals surface area contributed by atoms with E-state index in [0.717, 1.165) is 31.0 Å². The molecule has 0 saturated heterocycles. The Hall–Kier alpha value is -1.43. The van der Waals surface area contributed by atoms with Crippen LogP contribution in [0.25, 0.3) is 0 Å². The number of hydrazine groups is 1. The molecule has 1 aromatic heterocycles. The standard InChI is InChI=1S/C13H22FN5/c1-9-2-4-10(5-3-9)6-7-16-12-11(14)8-17-13(18-12)19-15/h8-10H,2-7,15H2,1H3,(H2,16,17,18,19). The van der Waals surface area contributed by atoms with Gasteiger partial charge in [-0.1, -0.05) is 32.6 Å². The zero-order valence-corrected chi connectivity index (χ0v) is 11.3. The molecule has 4 N–H and O–H groups in total. The maximum Gasteiger partial charge on any atom is 0.239 e. The lowest BCUT2D eigenvalue weighted by atomic mass is 9.81. The molecule has 1 saturated carbocycles. The second-order valence-electron chi connectivity index (χ2n) is 5.38. The van der Waals surface area contributed by atoms with Gasteiger partial charge in [-0.15, -0.1) is 0 Å². The number of halogens is 1. The van der Waals surface area contributed by atoms with Crippen LogP contribution in [-0.4, -0.2) is 16.5 Å². The Balaban J connectivity index is 1.79. The van der Waals surface area contributed by atoms with Crippen molar-refractivity contribution >= 4 is 11.8 Å². The van der Waals surface area contributed by atoms with E-state index in [1.165, 1.54) is 25.7 Å². The highest BCUT2D eigenvalue weighted by atomic mass is 19.1. The Labute approximate surface area is 113 Å². The quantitative estimate of drug-likeness (QED) is 0.564. The van der Waals surface area contributed by atoms with Crippen molar-refractivity contribution in [3.63, 3.8) is 0 Å². The van der Waals surface area contributed by atoms with Gasteiger partial charge >= 0.3 is 0 Å². The summed E-state index contributed by atoms with van der Waals surface area (Å²) in [5, 5.41) is 3.02. The third-order valence-corrected chi connectivity index (χ3v) is 3.85. The molecule has 0 bridgehead atoms. The fourth-order valence-corrected chi connectivity index (χ4v) is 2.57. The second kappa shape index (κ2) is 6.65. The lowest BCUT2D eigenvalue weighted by Gasteiger charge is -2.26. The zero-order chi connectivity index (χ0) is 13.7. The summed E-state index contributed by atoms with van der Waals surface area (Å²) >= 11 is 0. The van der Waals surface area contributed by atoms with Crippen LogP contribution in [0.15, 0.2) is 6.20 Å². The molecule has 0 spiro atoms. The number of nitrogens with two attached hydrogens (primary N) is 1. The van der Waals surface area contributed by atoms with Gasteiger partial charge in [-0.3, -0.25) is 5.43 Å². The molecular weight excluding hydrogens is 245 g/mol. The van der Waals surface area contributed by atoms with Gasteiger partial charge in [0.2, 0.25) is 5.95 Å². The topological polar surface area (TPSA) is 75.9 Å². The summed E-state index contributed by atoms with van der Waals surface area (Å²) in [6.45, 7) is 3.04. The van der Waals surface area contributed by atoms with E-state index in [0.29, 0.717) is 0 Å². The summed E-state index contributed by atoms with van der Waals surface area (Å²) in [6.07, 6.45) is 7.37. The number of nitrogen functional groups attached to an aromatic ring is 1. The van der Waals surface area contributed by atoms with E-state index in [1.54, 1.807) is 0 Å². The first-order chi connectivity index (χ1) is 9.19. The lowest BCUT2D eigenvalue weighted by Crippen LogP contribution is -2.17. The van der Waals surface area contributed by atoms with Gasteiger partial charge in [0.15, 0.2) is 11.6 Å². The van der Waals surface area contributed by atoms with Crippen LogP contribution in [0, 0.1) is 17.7 Å². The minimum Gasteiger partial charge on any atom is -0.367 e. The number of hydrogen-bond acceptors (Lipinski definition) is 5. The van der Waals surface area contributed by atoms with Gasteiger partial charge in [0.1, 0.15) is 0 Å². The van der Waals surface area contributed by atoms with Crippen molar-refractivity contribution in [2.75, 3.05) is 17.3 Å². The summed E-state index contributed by atoms with van der Waals surface area (Å²) in [5.74, 6) is 6.80. The largest absolute Gasteiger partial charge is 0.367 e. The summed E-state index contributed by atoms with van der Waals surface area (Å²) in [4.78, 5) is 7.65. The number of aromatic nitrogens is 2. The highest BCUT2D eigenvalue weighted by Gasteiger charge is 2.17. The summed E-state index contributed by atoms with van der Waals surface area (Å²) < 4.78 is 13.5. The van der Waals surface area contributed by atoms with Gasteiger partial charge in [-0.05, 0) is 18.3 Å². The minimum absolute atomic E-state index is 0.215. The first-order valence-electron chi connectivity index (χ1n) is 6.92. The third kappa shape index (κ3) is 4.02. The monoisotopic (exact) mass is 267 g/mol. The smallest absolute Gasteiger partial charge is 0.239 e. The number of anilines is 2. The van der Waals surface area contributed by atoms with Crippen molar-refractivity contribution in [1.82, 2.24) is 9.97 Å². The number of rotatable bonds is 5. The van der Waals surface area contributed by atoms with Crippen LogP contribution in [0.1, 0.15) is 39.0 Å². The molecule has 0 unspecified atom stereocenters. The molecule has 1 aliphatic carbocycles. The van der Waals surface area contributed by atoms with Crippen molar-refractivity contribution in [2.24, 2.45) is 17.7 Å². The Morgan fingerprint density at radius 1 is 1.37 bits per heavy atom. The molecule has 0 aliphatic heterocycles. The normalized spacial score (nSPS) is 23.1. The Morgan fingerprint density at radius 3 is 2.79 bits per heavy atom. The van der Waals surface area contributed by atoms with Gasteiger partial charge in [0, 0.05) is 6.54 Å². The van der Waals surface area contributed by atoms with Crippen molar-refractivity contribution in [3.05, 3.63) is 12.0 Å². The van der Waals surface area contributed by atoms with Gasteiger partial charge < -0.3 is 5.32 Å². The van der Waals surface area contributed by atoms with E-state index in [4.69, 9.17) is 5.84 Å². The minimum atomic E-state index is -0.448. The molecule has 19 heavy (non-hydrogen) atoms. The van der Waals surface area contributed by atoms with Gasteiger partial charge in [0.25, 0.3) is 0 Å². The summed E-state index contributed by atoms with van der Waals surface area (Å²) in [6, 6.07) is 0. The molecule has 1 aliphatic rings. The first-order valence-corrected chi connectivity index (χ1v) is 6.92. The molecule has 0 atom stereocenters. The van der Waals surface area contributed by atoms with Crippen molar-refractivity contribution in [1.29, 1.82) is 0 Å². The van der Waals surface area contributed by atoms with Crippen molar-refractivity contribution in [3.8, 4) is 0 Å². The fourth-order valence-electron chi connectivity index (χ4n) is 2.57. The molecular formula is C13H22FN5. The first kappa shape index (κ1) is 14.0. The molecule has 0 aromatic carbocycles.